The van der Waals surface area contributed by atoms with E-state index in [1.54, 1.807) is 0 Å². The average Bonchev–Trinajstić information content (AvgIpc) is 2.48. The Morgan fingerprint density at radius 1 is 1.14 bits per heavy atom. The Morgan fingerprint density at radius 2 is 1.86 bits per heavy atom. The van der Waals surface area contributed by atoms with Crippen molar-refractivity contribution in [2.24, 2.45) is 11.7 Å². The Morgan fingerprint density at radius 3 is 2.36 bits per heavy atom. The van der Waals surface area contributed by atoms with Gasteiger partial charge in [0.2, 0.25) is 0 Å². The minimum atomic E-state index is 0.474. The SMILES string of the molecule is CN(C)CCN(C)CC1CCC(N)C1. The molecule has 0 heterocycles. The van der Waals surface area contributed by atoms with Crippen LogP contribution < -0.4 is 5.73 Å². The molecular formula is C11H25N3. The summed E-state index contributed by atoms with van der Waals surface area (Å²) in [5.41, 5.74) is 5.90. The fraction of sp³-hybridized carbons (Fsp3) is 1.00. The van der Waals surface area contributed by atoms with Crippen LogP contribution in [0.2, 0.25) is 0 Å². The molecule has 84 valence electrons. The number of rotatable bonds is 5. The second-order valence-electron chi connectivity index (χ2n) is 5.00. The summed E-state index contributed by atoms with van der Waals surface area (Å²) in [6.45, 7) is 3.54. The summed E-state index contributed by atoms with van der Waals surface area (Å²) in [4.78, 5) is 4.67. The third kappa shape index (κ3) is 4.40. The summed E-state index contributed by atoms with van der Waals surface area (Å²) in [6.07, 6.45) is 3.78. The monoisotopic (exact) mass is 199 g/mol. The Labute approximate surface area is 88.2 Å². The second-order valence-corrected chi connectivity index (χ2v) is 5.00. The minimum absolute atomic E-state index is 0.474. The van der Waals surface area contributed by atoms with Crippen LogP contribution in [-0.2, 0) is 0 Å². The molecular weight excluding hydrogens is 174 g/mol. The fourth-order valence-electron chi connectivity index (χ4n) is 2.18. The third-order valence-electron chi connectivity index (χ3n) is 3.08. The molecule has 0 aliphatic heterocycles. The van der Waals surface area contributed by atoms with Crippen molar-refractivity contribution in [2.75, 3.05) is 40.8 Å². The molecule has 3 heteroatoms. The summed E-state index contributed by atoms with van der Waals surface area (Å²) < 4.78 is 0. The summed E-state index contributed by atoms with van der Waals surface area (Å²) in [7, 11) is 6.46. The number of likely N-dealkylation sites (N-methyl/N-ethyl adjacent to an activating group) is 2. The van der Waals surface area contributed by atoms with Crippen molar-refractivity contribution in [1.82, 2.24) is 9.80 Å². The zero-order chi connectivity index (χ0) is 10.6. The maximum absolute atomic E-state index is 5.90. The molecule has 0 spiro atoms. The number of hydrogen-bond donors (Lipinski definition) is 1. The molecule has 1 fully saturated rings. The second kappa shape index (κ2) is 5.69. The van der Waals surface area contributed by atoms with Crippen LogP contribution in [0.25, 0.3) is 0 Å². The normalized spacial score (nSPS) is 27.9. The average molecular weight is 199 g/mol. The molecule has 1 aliphatic rings. The lowest BCUT2D eigenvalue weighted by atomic mass is 10.1. The van der Waals surface area contributed by atoms with Gasteiger partial charge in [-0.1, -0.05) is 0 Å². The summed E-state index contributed by atoms with van der Waals surface area (Å²) in [5.74, 6) is 0.845. The highest BCUT2D eigenvalue weighted by atomic mass is 15.1. The van der Waals surface area contributed by atoms with E-state index in [0.717, 1.165) is 12.5 Å². The van der Waals surface area contributed by atoms with E-state index in [1.165, 1.54) is 32.4 Å². The zero-order valence-electron chi connectivity index (χ0n) is 9.87. The molecule has 0 aromatic carbocycles. The lowest BCUT2D eigenvalue weighted by Crippen LogP contribution is -2.32. The van der Waals surface area contributed by atoms with Crippen molar-refractivity contribution in [2.45, 2.75) is 25.3 Å². The summed E-state index contributed by atoms with van der Waals surface area (Å²) in [6, 6.07) is 0.474. The van der Waals surface area contributed by atoms with Gasteiger partial charge in [0, 0.05) is 25.7 Å². The van der Waals surface area contributed by atoms with E-state index in [-0.39, 0.29) is 0 Å². The Bertz CT molecular complexity index is 159. The van der Waals surface area contributed by atoms with Crippen LogP contribution in [0, 0.1) is 5.92 Å². The molecule has 0 aromatic heterocycles. The van der Waals surface area contributed by atoms with Crippen molar-refractivity contribution in [3.63, 3.8) is 0 Å². The Kier molecular flexibility index (Phi) is 4.85. The van der Waals surface area contributed by atoms with Gasteiger partial charge in [-0.3, -0.25) is 0 Å². The molecule has 0 aromatic rings. The van der Waals surface area contributed by atoms with Gasteiger partial charge in [0.15, 0.2) is 0 Å². The van der Waals surface area contributed by atoms with Gasteiger partial charge in [-0.15, -0.1) is 0 Å². The van der Waals surface area contributed by atoms with Crippen LogP contribution >= 0.6 is 0 Å². The molecule has 2 unspecified atom stereocenters. The van der Waals surface area contributed by atoms with Crippen LogP contribution in [0.5, 0.6) is 0 Å². The molecule has 3 nitrogen and oxygen atoms in total. The van der Waals surface area contributed by atoms with Crippen LogP contribution in [-0.4, -0.2) is 56.6 Å². The lowest BCUT2D eigenvalue weighted by Gasteiger charge is -2.22. The van der Waals surface area contributed by atoms with Crippen molar-refractivity contribution in [1.29, 1.82) is 0 Å². The van der Waals surface area contributed by atoms with E-state index in [9.17, 15) is 0 Å². The van der Waals surface area contributed by atoms with Gasteiger partial charge in [-0.2, -0.15) is 0 Å². The highest BCUT2D eigenvalue weighted by Gasteiger charge is 2.22. The van der Waals surface area contributed by atoms with Crippen LogP contribution in [0.1, 0.15) is 19.3 Å². The fourth-order valence-corrected chi connectivity index (χ4v) is 2.18. The standard InChI is InChI=1S/C11H25N3/c1-13(2)6-7-14(3)9-10-4-5-11(12)8-10/h10-11H,4-9,12H2,1-3H3. The molecule has 1 saturated carbocycles. The van der Waals surface area contributed by atoms with Gasteiger partial charge in [0.25, 0.3) is 0 Å². The largest absolute Gasteiger partial charge is 0.328 e. The van der Waals surface area contributed by atoms with Gasteiger partial charge in [0.05, 0.1) is 0 Å². The van der Waals surface area contributed by atoms with Crippen molar-refractivity contribution in [3.8, 4) is 0 Å². The maximum atomic E-state index is 5.90. The summed E-state index contributed by atoms with van der Waals surface area (Å²) in [5, 5.41) is 0. The van der Waals surface area contributed by atoms with E-state index in [1.807, 2.05) is 0 Å². The molecule has 1 aliphatic carbocycles. The quantitative estimate of drug-likeness (QED) is 0.704. The van der Waals surface area contributed by atoms with E-state index < -0.39 is 0 Å². The molecule has 14 heavy (non-hydrogen) atoms. The Hall–Kier alpha value is -0.120. The number of nitrogens with two attached hydrogens (primary N) is 1. The number of nitrogens with zero attached hydrogens (tertiary/aromatic N) is 2. The topological polar surface area (TPSA) is 32.5 Å². The van der Waals surface area contributed by atoms with E-state index in [4.69, 9.17) is 5.73 Å². The Balaban J connectivity index is 2.10. The van der Waals surface area contributed by atoms with Crippen LogP contribution in [0.4, 0.5) is 0 Å². The highest BCUT2D eigenvalue weighted by molar-refractivity contribution is 4.79. The van der Waals surface area contributed by atoms with Crippen molar-refractivity contribution in [3.05, 3.63) is 0 Å². The molecule has 0 saturated heterocycles. The molecule has 2 atom stereocenters. The van der Waals surface area contributed by atoms with Gasteiger partial charge in [0.1, 0.15) is 0 Å². The molecule has 0 bridgehead atoms. The zero-order valence-corrected chi connectivity index (χ0v) is 9.87. The predicted octanol–water partition coefficient (Wildman–Crippen LogP) is 0.607. The molecule has 0 radical (unpaired) electrons. The first-order chi connectivity index (χ1) is 6.58. The number of hydrogen-bond acceptors (Lipinski definition) is 3. The van der Waals surface area contributed by atoms with E-state index >= 15 is 0 Å². The minimum Gasteiger partial charge on any atom is -0.328 e. The van der Waals surface area contributed by atoms with Crippen LogP contribution in [0.15, 0.2) is 0 Å². The lowest BCUT2D eigenvalue weighted by molar-refractivity contribution is 0.246. The first-order valence-electron chi connectivity index (χ1n) is 5.66. The molecule has 2 N–H and O–H groups in total. The smallest absolute Gasteiger partial charge is 0.0106 e. The maximum Gasteiger partial charge on any atom is 0.0106 e. The van der Waals surface area contributed by atoms with Gasteiger partial charge in [-0.05, 0) is 46.3 Å². The third-order valence-corrected chi connectivity index (χ3v) is 3.08. The van der Waals surface area contributed by atoms with Crippen molar-refractivity contribution < 1.29 is 0 Å². The summed E-state index contributed by atoms with van der Waals surface area (Å²) >= 11 is 0. The van der Waals surface area contributed by atoms with Crippen molar-refractivity contribution >= 4 is 0 Å². The van der Waals surface area contributed by atoms with E-state index in [2.05, 4.69) is 30.9 Å². The van der Waals surface area contributed by atoms with E-state index in [0.29, 0.717) is 6.04 Å². The first-order valence-corrected chi connectivity index (χ1v) is 5.66. The highest BCUT2D eigenvalue weighted by Crippen LogP contribution is 2.24. The predicted molar refractivity (Wildman–Crippen MR) is 61.4 cm³/mol. The molecule has 0 amide bonds. The molecule has 1 rings (SSSR count). The van der Waals surface area contributed by atoms with Gasteiger partial charge < -0.3 is 15.5 Å². The van der Waals surface area contributed by atoms with Gasteiger partial charge in [-0.25, -0.2) is 0 Å². The van der Waals surface area contributed by atoms with Gasteiger partial charge >= 0.3 is 0 Å². The first kappa shape index (κ1) is 12.0. The van der Waals surface area contributed by atoms with Crippen LogP contribution in [0.3, 0.4) is 0 Å².